The molecule has 0 fully saturated rings. The molecule has 0 unspecified atom stereocenters. The van der Waals surface area contributed by atoms with Crippen LogP contribution in [0, 0.1) is 13.8 Å². The van der Waals surface area contributed by atoms with Crippen LogP contribution < -0.4 is 15.6 Å². The number of rotatable bonds is 7. The second kappa shape index (κ2) is 8.46. The van der Waals surface area contributed by atoms with Crippen molar-refractivity contribution in [3.8, 4) is 5.75 Å². The molecule has 6 heteroatoms. The number of hydrogen-bond donors (Lipinski definition) is 1. The molecule has 0 saturated heterocycles. The zero-order valence-corrected chi connectivity index (χ0v) is 15.2. The molecule has 1 aromatic heterocycles. The third kappa shape index (κ3) is 5.17. The third-order valence-corrected chi connectivity index (χ3v) is 4.11. The number of hydrogen-bond acceptors (Lipinski definition) is 4. The van der Waals surface area contributed by atoms with Crippen LogP contribution in [0.4, 0.5) is 0 Å². The molecule has 0 saturated carbocycles. The first-order chi connectivity index (χ1) is 11.9. The number of amides is 1. The Bertz CT molecular complexity index is 779. The molecule has 0 bridgehead atoms. The van der Waals surface area contributed by atoms with E-state index >= 15 is 0 Å². The van der Waals surface area contributed by atoms with Crippen LogP contribution in [0.2, 0.25) is 0 Å². The van der Waals surface area contributed by atoms with Crippen LogP contribution in [0.1, 0.15) is 36.6 Å². The second-order valence-electron chi connectivity index (χ2n) is 6.32. The third-order valence-electron chi connectivity index (χ3n) is 4.11. The van der Waals surface area contributed by atoms with Crippen molar-refractivity contribution >= 4 is 5.91 Å². The molecule has 0 aliphatic carbocycles. The molecule has 2 rings (SSSR count). The van der Waals surface area contributed by atoms with Crippen LogP contribution in [0.15, 0.2) is 35.4 Å². The highest BCUT2D eigenvalue weighted by molar-refractivity contribution is 5.77. The van der Waals surface area contributed by atoms with Crippen molar-refractivity contribution in [3.05, 3.63) is 57.8 Å². The molecule has 6 nitrogen and oxygen atoms in total. The Morgan fingerprint density at radius 3 is 2.56 bits per heavy atom. The minimum atomic E-state index is -0.224. The maximum Gasteiger partial charge on any atom is 0.258 e. The lowest BCUT2D eigenvalue weighted by Crippen LogP contribution is -2.34. The molecule has 2 aromatic rings. The normalized spacial score (nSPS) is 10.8. The fraction of sp³-hybridized carbons (Fsp3) is 0.421. The zero-order chi connectivity index (χ0) is 18.4. The minimum Gasteiger partial charge on any atom is -0.484 e. The van der Waals surface area contributed by atoms with Gasteiger partial charge in [0.1, 0.15) is 5.75 Å². The standard InChI is InChI=1S/C19H25N3O3/c1-13(2)16-5-7-17(8-6-16)25-11-18(23)20-9-10-22-12-21-15(4)14(3)19(22)24/h5-8,12-13H,9-11H2,1-4H3,(H,20,23). The van der Waals surface area contributed by atoms with Crippen LogP contribution in [0.25, 0.3) is 0 Å². The predicted octanol–water partition coefficient (Wildman–Crippen LogP) is 2.18. The van der Waals surface area contributed by atoms with Gasteiger partial charge < -0.3 is 10.1 Å². The largest absolute Gasteiger partial charge is 0.484 e. The molecule has 0 atom stereocenters. The van der Waals surface area contributed by atoms with Crippen LogP contribution in [-0.2, 0) is 11.3 Å². The predicted molar refractivity (Wildman–Crippen MR) is 97.0 cm³/mol. The number of aromatic nitrogens is 2. The van der Waals surface area contributed by atoms with E-state index in [2.05, 4.69) is 24.1 Å². The number of benzene rings is 1. The summed E-state index contributed by atoms with van der Waals surface area (Å²) in [5.41, 5.74) is 2.50. The van der Waals surface area contributed by atoms with Crippen LogP contribution in [0.3, 0.4) is 0 Å². The molecule has 134 valence electrons. The average Bonchev–Trinajstić information content (AvgIpc) is 2.60. The second-order valence-corrected chi connectivity index (χ2v) is 6.32. The van der Waals surface area contributed by atoms with E-state index in [1.54, 1.807) is 13.8 Å². The fourth-order valence-corrected chi connectivity index (χ4v) is 2.30. The van der Waals surface area contributed by atoms with Gasteiger partial charge in [-0.2, -0.15) is 0 Å². The Labute approximate surface area is 147 Å². The monoisotopic (exact) mass is 343 g/mol. The SMILES string of the molecule is Cc1ncn(CCNC(=O)COc2ccc(C(C)C)cc2)c(=O)c1C. The quantitative estimate of drug-likeness (QED) is 0.836. The first-order valence-corrected chi connectivity index (χ1v) is 8.40. The van der Waals surface area contributed by atoms with Gasteiger partial charge in [0.15, 0.2) is 6.61 Å². The van der Waals surface area contributed by atoms with E-state index in [0.29, 0.717) is 30.3 Å². The molecular formula is C19H25N3O3. The van der Waals surface area contributed by atoms with E-state index in [1.807, 2.05) is 24.3 Å². The van der Waals surface area contributed by atoms with Gasteiger partial charge in [-0.1, -0.05) is 26.0 Å². The maximum atomic E-state index is 12.0. The molecule has 1 N–H and O–H groups in total. The molecular weight excluding hydrogens is 318 g/mol. The molecule has 0 aliphatic heterocycles. The summed E-state index contributed by atoms with van der Waals surface area (Å²) in [7, 11) is 0. The van der Waals surface area contributed by atoms with Crippen LogP contribution >= 0.6 is 0 Å². The van der Waals surface area contributed by atoms with Crippen LogP contribution in [0.5, 0.6) is 5.75 Å². The summed E-state index contributed by atoms with van der Waals surface area (Å²) in [4.78, 5) is 28.0. The van der Waals surface area contributed by atoms with Gasteiger partial charge in [0, 0.05) is 24.3 Å². The van der Waals surface area contributed by atoms with Crippen molar-refractivity contribution in [3.63, 3.8) is 0 Å². The summed E-state index contributed by atoms with van der Waals surface area (Å²) in [6, 6.07) is 7.72. The topological polar surface area (TPSA) is 73.2 Å². The van der Waals surface area contributed by atoms with Gasteiger partial charge in [-0.25, -0.2) is 4.98 Å². The Morgan fingerprint density at radius 2 is 1.92 bits per heavy atom. The highest BCUT2D eigenvalue weighted by atomic mass is 16.5. The molecule has 0 radical (unpaired) electrons. The lowest BCUT2D eigenvalue weighted by Gasteiger charge is -2.10. The maximum absolute atomic E-state index is 12.0. The summed E-state index contributed by atoms with van der Waals surface area (Å²) in [5, 5.41) is 2.74. The highest BCUT2D eigenvalue weighted by Gasteiger charge is 2.06. The summed E-state index contributed by atoms with van der Waals surface area (Å²) in [6.45, 7) is 8.47. The van der Waals surface area contributed by atoms with Crippen LogP contribution in [-0.4, -0.2) is 28.6 Å². The van der Waals surface area contributed by atoms with Gasteiger partial charge >= 0.3 is 0 Å². The van der Waals surface area contributed by atoms with E-state index in [9.17, 15) is 9.59 Å². The van der Waals surface area contributed by atoms with E-state index in [-0.39, 0.29) is 18.1 Å². The lowest BCUT2D eigenvalue weighted by molar-refractivity contribution is -0.123. The first kappa shape index (κ1) is 18.7. The molecule has 1 aromatic carbocycles. The number of nitrogens with zero attached hydrogens (tertiary/aromatic N) is 2. The summed E-state index contributed by atoms with van der Waals surface area (Å²) >= 11 is 0. The van der Waals surface area contributed by atoms with E-state index < -0.39 is 0 Å². The average molecular weight is 343 g/mol. The van der Waals surface area contributed by atoms with Gasteiger partial charge in [-0.3, -0.25) is 14.2 Å². The van der Waals surface area contributed by atoms with Crippen molar-refractivity contribution in [2.24, 2.45) is 0 Å². The number of ether oxygens (including phenoxy) is 1. The summed E-state index contributed by atoms with van der Waals surface area (Å²) in [5.74, 6) is 0.896. The minimum absolute atomic E-state index is 0.0545. The number of aryl methyl sites for hydroxylation is 1. The van der Waals surface area contributed by atoms with Crippen molar-refractivity contribution in [1.82, 2.24) is 14.9 Å². The van der Waals surface area contributed by atoms with E-state index in [4.69, 9.17) is 4.74 Å². The van der Waals surface area contributed by atoms with E-state index in [1.165, 1.54) is 16.5 Å². The fourth-order valence-electron chi connectivity index (χ4n) is 2.30. The molecule has 0 aliphatic rings. The summed E-state index contributed by atoms with van der Waals surface area (Å²) in [6.07, 6.45) is 1.50. The van der Waals surface area contributed by atoms with Crippen molar-refractivity contribution in [1.29, 1.82) is 0 Å². The molecule has 0 spiro atoms. The number of carbonyl (C=O) groups excluding carboxylic acids is 1. The van der Waals surface area contributed by atoms with Crippen molar-refractivity contribution < 1.29 is 9.53 Å². The van der Waals surface area contributed by atoms with Gasteiger partial charge in [-0.05, 0) is 37.5 Å². The Morgan fingerprint density at radius 1 is 1.24 bits per heavy atom. The Kier molecular flexibility index (Phi) is 6.33. The first-order valence-electron chi connectivity index (χ1n) is 8.40. The Balaban J connectivity index is 1.77. The van der Waals surface area contributed by atoms with Crippen molar-refractivity contribution in [2.45, 2.75) is 40.2 Å². The number of nitrogens with one attached hydrogen (secondary N) is 1. The van der Waals surface area contributed by atoms with Gasteiger partial charge in [0.2, 0.25) is 0 Å². The van der Waals surface area contributed by atoms with Gasteiger partial charge in [0.05, 0.1) is 6.33 Å². The van der Waals surface area contributed by atoms with Gasteiger partial charge in [0.25, 0.3) is 11.5 Å². The highest BCUT2D eigenvalue weighted by Crippen LogP contribution is 2.18. The van der Waals surface area contributed by atoms with Crippen molar-refractivity contribution in [2.75, 3.05) is 13.2 Å². The Hall–Kier alpha value is -2.63. The lowest BCUT2D eigenvalue weighted by atomic mass is 10.0. The van der Waals surface area contributed by atoms with E-state index in [0.717, 1.165) is 5.69 Å². The number of carbonyl (C=O) groups is 1. The molecule has 1 heterocycles. The summed E-state index contributed by atoms with van der Waals surface area (Å²) < 4.78 is 6.97. The van der Waals surface area contributed by atoms with Gasteiger partial charge in [-0.15, -0.1) is 0 Å². The zero-order valence-electron chi connectivity index (χ0n) is 15.2. The molecule has 1 amide bonds. The molecule has 25 heavy (non-hydrogen) atoms. The smallest absolute Gasteiger partial charge is 0.258 e.